The van der Waals surface area contributed by atoms with E-state index in [0.717, 1.165) is 5.92 Å². The Hall–Kier alpha value is -0.0900. The molecule has 0 amide bonds. The lowest BCUT2D eigenvalue weighted by Gasteiger charge is -2.13. The molecule has 0 unspecified atom stereocenters. The molecular weight excluding hydrogens is 273 g/mol. The van der Waals surface area contributed by atoms with Crippen molar-refractivity contribution in [2.75, 3.05) is 0 Å². The first-order valence-corrected chi connectivity index (χ1v) is 5.78. The van der Waals surface area contributed by atoms with E-state index in [-0.39, 0.29) is 6.04 Å². The second-order valence-electron chi connectivity index (χ2n) is 3.86. The minimum absolute atomic E-state index is 0.275. The highest BCUT2D eigenvalue weighted by molar-refractivity contribution is 14.1. The SMILES string of the molecule is Cc1cc(I)ccc1[C@@H](N)C1CC1. The summed E-state index contributed by atoms with van der Waals surface area (Å²) in [4.78, 5) is 0. The van der Waals surface area contributed by atoms with Crippen LogP contribution >= 0.6 is 22.6 Å². The molecule has 0 aliphatic heterocycles. The summed E-state index contributed by atoms with van der Waals surface area (Å²) >= 11 is 2.34. The molecule has 13 heavy (non-hydrogen) atoms. The number of hydrogen-bond donors (Lipinski definition) is 1. The largest absolute Gasteiger partial charge is 0.324 e. The molecule has 2 N–H and O–H groups in total. The first-order chi connectivity index (χ1) is 6.18. The molecule has 0 spiro atoms. The standard InChI is InChI=1S/C11H14IN/c1-7-6-9(12)4-5-10(7)11(13)8-2-3-8/h4-6,8,11H,2-3,13H2,1H3/t11-/m0/s1. The van der Waals surface area contributed by atoms with Crippen LogP contribution in [0.5, 0.6) is 0 Å². The van der Waals surface area contributed by atoms with Crippen LogP contribution in [0.3, 0.4) is 0 Å². The normalized spacial score (nSPS) is 18.7. The van der Waals surface area contributed by atoms with Crippen LogP contribution in [0.1, 0.15) is 30.0 Å². The Labute approximate surface area is 92.9 Å². The molecule has 1 aromatic rings. The summed E-state index contributed by atoms with van der Waals surface area (Å²) in [5.41, 5.74) is 8.82. The minimum Gasteiger partial charge on any atom is -0.324 e. The molecule has 1 nitrogen and oxygen atoms in total. The van der Waals surface area contributed by atoms with Crippen LogP contribution in [0.15, 0.2) is 18.2 Å². The third-order valence-corrected chi connectivity index (χ3v) is 3.39. The zero-order valence-electron chi connectivity index (χ0n) is 7.76. The van der Waals surface area contributed by atoms with Gasteiger partial charge in [-0.2, -0.15) is 0 Å². The highest BCUT2D eigenvalue weighted by Gasteiger charge is 2.30. The summed E-state index contributed by atoms with van der Waals surface area (Å²) < 4.78 is 1.29. The minimum atomic E-state index is 0.275. The fourth-order valence-electron chi connectivity index (χ4n) is 1.72. The lowest BCUT2D eigenvalue weighted by molar-refractivity contribution is 0.629. The lowest BCUT2D eigenvalue weighted by atomic mass is 9.99. The van der Waals surface area contributed by atoms with Crippen molar-refractivity contribution in [2.45, 2.75) is 25.8 Å². The summed E-state index contributed by atoms with van der Waals surface area (Å²) in [7, 11) is 0. The van der Waals surface area contributed by atoms with Crippen molar-refractivity contribution in [1.82, 2.24) is 0 Å². The van der Waals surface area contributed by atoms with E-state index in [1.165, 1.54) is 27.5 Å². The summed E-state index contributed by atoms with van der Waals surface area (Å²) in [5, 5.41) is 0. The van der Waals surface area contributed by atoms with Crippen LogP contribution in [0, 0.1) is 16.4 Å². The molecule has 0 heterocycles. The second-order valence-corrected chi connectivity index (χ2v) is 5.11. The van der Waals surface area contributed by atoms with E-state index in [4.69, 9.17) is 5.73 Å². The Balaban J connectivity index is 2.28. The van der Waals surface area contributed by atoms with E-state index >= 15 is 0 Å². The molecule has 0 bridgehead atoms. The van der Waals surface area contributed by atoms with Crippen LogP contribution in [0.25, 0.3) is 0 Å². The topological polar surface area (TPSA) is 26.0 Å². The number of halogens is 1. The third-order valence-electron chi connectivity index (χ3n) is 2.72. The molecule has 1 aliphatic rings. The van der Waals surface area contributed by atoms with Gasteiger partial charge in [-0.1, -0.05) is 6.07 Å². The van der Waals surface area contributed by atoms with Gasteiger partial charge in [0.1, 0.15) is 0 Å². The van der Waals surface area contributed by atoms with Gasteiger partial charge in [0.2, 0.25) is 0 Å². The number of aryl methyl sites for hydroxylation is 1. The Morgan fingerprint density at radius 3 is 2.69 bits per heavy atom. The van der Waals surface area contributed by atoms with E-state index in [2.05, 4.69) is 47.7 Å². The fourth-order valence-corrected chi connectivity index (χ4v) is 2.37. The molecule has 2 heteroatoms. The molecule has 0 saturated heterocycles. The van der Waals surface area contributed by atoms with E-state index in [9.17, 15) is 0 Å². The highest BCUT2D eigenvalue weighted by atomic mass is 127. The van der Waals surface area contributed by atoms with Crippen LogP contribution in [-0.2, 0) is 0 Å². The van der Waals surface area contributed by atoms with Crippen LogP contribution in [0.2, 0.25) is 0 Å². The molecule has 70 valence electrons. The van der Waals surface area contributed by atoms with Gasteiger partial charge in [-0.25, -0.2) is 0 Å². The summed E-state index contributed by atoms with van der Waals surface area (Å²) in [5.74, 6) is 0.749. The number of rotatable bonds is 2. The first kappa shape index (κ1) is 9.46. The predicted octanol–water partition coefficient (Wildman–Crippen LogP) is 3.01. The predicted molar refractivity (Wildman–Crippen MR) is 63.5 cm³/mol. The Morgan fingerprint density at radius 1 is 1.46 bits per heavy atom. The Kier molecular flexibility index (Phi) is 2.60. The van der Waals surface area contributed by atoms with Gasteiger partial charge in [-0.05, 0) is 71.5 Å². The van der Waals surface area contributed by atoms with Crippen molar-refractivity contribution in [2.24, 2.45) is 11.7 Å². The number of hydrogen-bond acceptors (Lipinski definition) is 1. The van der Waals surface area contributed by atoms with Crippen molar-refractivity contribution >= 4 is 22.6 Å². The molecule has 1 aliphatic carbocycles. The van der Waals surface area contributed by atoms with Gasteiger partial charge in [0.15, 0.2) is 0 Å². The maximum atomic E-state index is 6.15. The third kappa shape index (κ3) is 2.05. The van der Waals surface area contributed by atoms with Crippen molar-refractivity contribution in [3.05, 3.63) is 32.9 Å². The monoisotopic (exact) mass is 287 g/mol. The average Bonchev–Trinajstić information content (AvgIpc) is 2.85. The van der Waals surface area contributed by atoms with Crippen LogP contribution in [-0.4, -0.2) is 0 Å². The summed E-state index contributed by atoms with van der Waals surface area (Å²) in [6.45, 7) is 2.15. The van der Waals surface area contributed by atoms with E-state index in [0.29, 0.717) is 0 Å². The highest BCUT2D eigenvalue weighted by Crippen LogP contribution is 2.40. The molecule has 1 atom stereocenters. The smallest absolute Gasteiger partial charge is 0.0326 e. The van der Waals surface area contributed by atoms with Crippen molar-refractivity contribution in [1.29, 1.82) is 0 Å². The number of benzene rings is 1. The molecule has 0 radical (unpaired) electrons. The zero-order valence-corrected chi connectivity index (χ0v) is 9.91. The molecule has 0 aromatic heterocycles. The van der Waals surface area contributed by atoms with Crippen LogP contribution < -0.4 is 5.73 Å². The van der Waals surface area contributed by atoms with Crippen molar-refractivity contribution < 1.29 is 0 Å². The van der Waals surface area contributed by atoms with Gasteiger partial charge in [-0.15, -0.1) is 0 Å². The second kappa shape index (κ2) is 3.58. The molecular formula is C11H14IN. The number of nitrogens with two attached hydrogens (primary N) is 1. The summed E-state index contributed by atoms with van der Waals surface area (Å²) in [6.07, 6.45) is 2.62. The van der Waals surface area contributed by atoms with Crippen molar-refractivity contribution in [3.8, 4) is 0 Å². The van der Waals surface area contributed by atoms with Gasteiger partial charge >= 0.3 is 0 Å². The lowest BCUT2D eigenvalue weighted by Crippen LogP contribution is -2.13. The average molecular weight is 287 g/mol. The zero-order chi connectivity index (χ0) is 9.42. The maximum absolute atomic E-state index is 6.15. The van der Waals surface area contributed by atoms with Gasteiger partial charge in [0, 0.05) is 9.61 Å². The summed E-state index contributed by atoms with van der Waals surface area (Å²) in [6, 6.07) is 6.81. The van der Waals surface area contributed by atoms with Crippen molar-refractivity contribution in [3.63, 3.8) is 0 Å². The fraction of sp³-hybridized carbons (Fsp3) is 0.455. The van der Waals surface area contributed by atoms with Gasteiger partial charge in [0.25, 0.3) is 0 Å². The molecule has 2 rings (SSSR count). The van der Waals surface area contributed by atoms with Gasteiger partial charge < -0.3 is 5.73 Å². The van der Waals surface area contributed by atoms with Gasteiger partial charge in [-0.3, -0.25) is 0 Å². The van der Waals surface area contributed by atoms with Gasteiger partial charge in [0.05, 0.1) is 0 Å². The molecule has 1 aromatic carbocycles. The Morgan fingerprint density at radius 2 is 2.15 bits per heavy atom. The van der Waals surface area contributed by atoms with E-state index in [1.54, 1.807) is 0 Å². The first-order valence-electron chi connectivity index (χ1n) is 4.70. The Bertz CT molecular complexity index is 318. The molecule has 1 saturated carbocycles. The maximum Gasteiger partial charge on any atom is 0.0326 e. The van der Waals surface area contributed by atoms with E-state index in [1.807, 2.05) is 0 Å². The quantitative estimate of drug-likeness (QED) is 0.831. The molecule has 1 fully saturated rings. The van der Waals surface area contributed by atoms with E-state index < -0.39 is 0 Å². The van der Waals surface area contributed by atoms with Crippen LogP contribution in [0.4, 0.5) is 0 Å².